The normalized spacial score (nSPS) is 12.3. The smallest absolute Gasteiger partial charge is 0.252 e. The molecule has 0 aliphatic heterocycles. The Labute approximate surface area is 120 Å². The summed E-state index contributed by atoms with van der Waals surface area (Å²) in [6.07, 6.45) is 2.43. The summed E-state index contributed by atoms with van der Waals surface area (Å²) < 4.78 is 26.1. The van der Waals surface area contributed by atoms with Crippen LogP contribution in [0.25, 0.3) is 0 Å². The minimum atomic E-state index is -3.36. The van der Waals surface area contributed by atoms with Crippen LogP contribution in [0.4, 0.5) is 0 Å². The fraction of sp³-hybridized carbons (Fsp3) is 0.538. The van der Waals surface area contributed by atoms with Gasteiger partial charge in [-0.25, -0.2) is 8.42 Å². The maximum Gasteiger partial charge on any atom is 0.252 e. The number of thiophene rings is 1. The predicted octanol–water partition coefficient (Wildman–Crippen LogP) is 2.10. The van der Waals surface area contributed by atoms with Crippen LogP contribution < -0.4 is 5.32 Å². The maximum absolute atomic E-state index is 12.2. The lowest BCUT2D eigenvalue weighted by molar-refractivity contribution is 0.501. The van der Waals surface area contributed by atoms with E-state index in [0.717, 1.165) is 17.8 Å². The van der Waals surface area contributed by atoms with Crippen molar-refractivity contribution in [3.05, 3.63) is 29.7 Å². The molecule has 19 heavy (non-hydrogen) atoms. The molecular formula is C13H22N2O2S2. The summed E-state index contributed by atoms with van der Waals surface area (Å²) in [4.78, 5) is 1.08. The van der Waals surface area contributed by atoms with Crippen molar-refractivity contribution >= 4 is 21.4 Å². The van der Waals surface area contributed by atoms with Crippen molar-refractivity contribution < 1.29 is 8.42 Å². The topological polar surface area (TPSA) is 49.4 Å². The van der Waals surface area contributed by atoms with Gasteiger partial charge < -0.3 is 5.32 Å². The standard InChI is InChI=1S/C13H22N2O2S2/c1-5-10-15(4)19(16,17)13-7-6-12(18-13)8-9-14-11(2)3/h5-7,11,14H,1,8-10H2,2-4H3. The molecule has 0 unspecified atom stereocenters. The molecule has 0 aliphatic carbocycles. The van der Waals surface area contributed by atoms with E-state index in [4.69, 9.17) is 0 Å². The third kappa shape index (κ3) is 4.72. The number of sulfonamides is 1. The van der Waals surface area contributed by atoms with E-state index >= 15 is 0 Å². The van der Waals surface area contributed by atoms with Gasteiger partial charge in [0.15, 0.2) is 0 Å². The van der Waals surface area contributed by atoms with Crippen LogP contribution in [-0.2, 0) is 16.4 Å². The van der Waals surface area contributed by atoms with Crippen LogP contribution in [0.15, 0.2) is 29.0 Å². The van der Waals surface area contributed by atoms with E-state index in [9.17, 15) is 8.42 Å². The van der Waals surface area contributed by atoms with E-state index in [1.807, 2.05) is 6.07 Å². The first-order chi connectivity index (χ1) is 8.87. The van der Waals surface area contributed by atoms with Crippen LogP contribution in [0.3, 0.4) is 0 Å². The predicted molar refractivity (Wildman–Crippen MR) is 81.2 cm³/mol. The third-order valence-corrected chi connectivity index (χ3v) is 6.05. The summed E-state index contributed by atoms with van der Waals surface area (Å²) >= 11 is 1.34. The van der Waals surface area contributed by atoms with Crippen molar-refractivity contribution in [2.45, 2.75) is 30.5 Å². The Hall–Kier alpha value is -0.690. The van der Waals surface area contributed by atoms with Gasteiger partial charge in [-0.2, -0.15) is 4.31 Å². The molecule has 1 heterocycles. The van der Waals surface area contributed by atoms with Gasteiger partial charge in [0, 0.05) is 31.1 Å². The van der Waals surface area contributed by atoms with Crippen molar-refractivity contribution in [1.82, 2.24) is 9.62 Å². The van der Waals surface area contributed by atoms with Crippen LogP contribution in [0.5, 0.6) is 0 Å². The van der Waals surface area contributed by atoms with Gasteiger partial charge in [0.1, 0.15) is 4.21 Å². The van der Waals surface area contributed by atoms with Gasteiger partial charge in [-0.15, -0.1) is 17.9 Å². The van der Waals surface area contributed by atoms with E-state index in [1.165, 1.54) is 15.6 Å². The average Bonchev–Trinajstić information content (AvgIpc) is 2.78. The van der Waals surface area contributed by atoms with Crippen molar-refractivity contribution in [1.29, 1.82) is 0 Å². The van der Waals surface area contributed by atoms with Crippen LogP contribution in [0, 0.1) is 0 Å². The highest BCUT2D eigenvalue weighted by atomic mass is 32.2. The molecule has 0 atom stereocenters. The fourth-order valence-corrected chi connectivity index (χ4v) is 4.26. The minimum Gasteiger partial charge on any atom is -0.314 e. The van der Waals surface area contributed by atoms with E-state index in [0.29, 0.717) is 16.8 Å². The fourth-order valence-electron chi connectivity index (χ4n) is 1.55. The highest BCUT2D eigenvalue weighted by Gasteiger charge is 2.21. The molecule has 6 heteroatoms. The second-order valence-electron chi connectivity index (χ2n) is 4.65. The van der Waals surface area contributed by atoms with Gasteiger partial charge in [0.05, 0.1) is 0 Å². The molecule has 1 rings (SSSR count). The molecule has 0 aromatic carbocycles. The summed E-state index contributed by atoms with van der Waals surface area (Å²) in [6, 6.07) is 4.02. The van der Waals surface area contributed by atoms with Crippen LogP contribution in [0.2, 0.25) is 0 Å². The molecule has 1 aromatic heterocycles. The number of likely N-dealkylation sites (N-methyl/N-ethyl adjacent to an activating group) is 1. The van der Waals surface area contributed by atoms with Crippen molar-refractivity contribution in [3.8, 4) is 0 Å². The van der Waals surface area contributed by atoms with Gasteiger partial charge >= 0.3 is 0 Å². The lowest BCUT2D eigenvalue weighted by Gasteiger charge is -2.13. The van der Waals surface area contributed by atoms with Gasteiger partial charge in [-0.1, -0.05) is 19.9 Å². The van der Waals surface area contributed by atoms with E-state index in [2.05, 4.69) is 25.7 Å². The van der Waals surface area contributed by atoms with Crippen molar-refractivity contribution in [2.24, 2.45) is 0 Å². The first-order valence-electron chi connectivity index (χ1n) is 6.27. The molecule has 0 spiro atoms. The first-order valence-corrected chi connectivity index (χ1v) is 8.53. The lowest BCUT2D eigenvalue weighted by atomic mass is 10.3. The summed E-state index contributed by atoms with van der Waals surface area (Å²) in [5.74, 6) is 0. The van der Waals surface area contributed by atoms with Gasteiger partial charge in [0.25, 0.3) is 10.0 Å². The number of nitrogens with zero attached hydrogens (tertiary/aromatic N) is 1. The highest BCUT2D eigenvalue weighted by molar-refractivity contribution is 7.91. The van der Waals surface area contributed by atoms with Gasteiger partial charge in [0.2, 0.25) is 0 Å². The number of hydrogen-bond donors (Lipinski definition) is 1. The molecule has 1 aromatic rings. The second kappa shape index (κ2) is 7.19. The highest BCUT2D eigenvalue weighted by Crippen LogP contribution is 2.24. The summed E-state index contributed by atoms with van der Waals surface area (Å²) in [7, 11) is -1.80. The van der Waals surface area contributed by atoms with Crippen LogP contribution >= 0.6 is 11.3 Å². The van der Waals surface area contributed by atoms with E-state index < -0.39 is 10.0 Å². The Bertz CT molecular complexity index is 506. The molecule has 0 saturated heterocycles. The molecule has 0 amide bonds. The monoisotopic (exact) mass is 302 g/mol. The molecule has 0 fully saturated rings. The largest absolute Gasteiger partial charge is 0.314 e. The Balaban J connectivity index is 2.70. The third-order valence-electron chi connectivity index (χ3n) is 2.61. The number of nitrogens with one attached hydrogen (secondary N) is 1. The Morgan fingerprint density at radius 2 is 2.16 bits per heavy atom. The maximum atomic E-state index is 12.2. The van der Waals surface area contributed by atoms with Crippen molar-refractivity contribution in [3.63, 3.8) is 0 Å². The average molecular weight is 302 g/mol. The van der Waals surface area contributed by atoms with Crippen LogP contribution in [0.1, 0.15) is 18.7 Å². The molecule has 0 radical (unpaired) electrons. The molecule has 108 valence electrons. The molecule has 0 bridgehead atoms. The minimum absolute atomic E-state index is 0.324. The summed E-state index contributed by atoms with van der Waals surface area (Å²) in [5, 5.41) is 3.32. The molecular weight excluding hydrogens is 280 g/mol. The zero-order valence-corrected chi connectivity index (χ0v) is 13.4. The zero-order chi connectivity index (χ0) is 14.5. The summed E-state index contributed by atoms with van der Waals surface area (Å²) in [6.45, 7) is 8.93. The van der Waals surface area contributed by atoms with Gasteiger partial charge in [-0.05, 0) is 18.6 Å². The molecule has 4 nitrogen and oxygen atoms in total. The molecule has 1 N–H and O–H groups in total. The van der Waals surface area contributed by atoms with Crippen LogP contribution in [-0.4, -0.2) is 38.9 Å². The second-order valence-corrected chi connectivity index (χ2v) is 8.09. The van der Waals surface area contributed by atoms with E-state index in [-0.39, 0.29) is 0 Å². The first kappa shape index (κ1) is 16.4. The number of rotatable bonds is 8. The Morgan fingerprint density at radius 1 is 1.47 bits per heavy atom. The quantitative estimate of drug-likeness (QED) is 0.748. The van der Waals surface area contributed by atoms with Crippen molar-refractivity contribution in [2.75, 3.05) is 20.1 Å². The number of hydrogen-bond acceptors (Lipinski definition) is 4. The Morgan fingerprint density at radius 3 is 2.74 bits per heavy atom. The summed E-state index contributed by atoms with van der Waals surface area (Å²) in [5.41, 5.74) is 0. The SMILES string of the molecule is C=CCN(C)S(=O)(=O)c1ccc(CCNC(C)C)s1. The molecule has 0 aliphatic rings. The van der Waals surface area contributed by atoms with Gasteiger partial charge in [-0.3, -0.25) is 0 Å². The molecule has 0 saturated carbocycles. The zero-order valence-electron chi connectivity index (χ0n) is 11.7. The Kier molecular flexibility index (Phi) is 6.19. The lowest BCUT2D eigenvalue weighted by Crippen LogP contribution is -2.26. The van der Waals surface area contributed by atoms with E-state index in [1.54, 1.807) is 19.2 Å².